The van der Waals surface area contributed by atoms with Crippen molar-refractivity contribution in [2.24, 2.45) is 5.92 Å². The molecular formula is C34H37Cl2N3O8. The molecule has 13 heteroatoms. The van der Waals surface area contributed by atoms with E-state index < -0.39 is 5.97 Å². The van der Waals surface area contributed by atoms with Crippen LogP contribution in [0.25, 0.3) is 11.0 Å². The molecule has 2 N–H and O–H groups in total. The minimum Gasteiger partial charge on any atom is -0.481 e. The van der Waals surface area contributed by atoms with E-state index in [0.717, 1.165) is 19.5 Å². The Hall–Kier alpha value is -3.19. The SMILES string of the molecule is O=C(Nc1cc(Cl)c(CC(=O)N2C[C@@H](N3C[C@@H]4OCO[C@@H]4C3)C[C@H]2CO[C@H]2CC[C@H](C(=O)O)CC2)cc1Cl)c1coc2ccccc12. The smallest absolute Gasteiger partial charge is 0.306 e. The molecule has 4 atom stereocenters. The number of carboxylic acid groups (broad SMARTS) is 1. The molecule has 1 saturated carbocycles. The Morgan fingerprint density at radius 1 is 0.979 bits per heavy atom. The third-order valence-electron chi connectivity index (χ3n) is 10.0. The van der Waals surface area contributed by atoms with Crippen molar-refractivity contribution in [2.75, 3.05) is 38.4 Å². The zero-order chi connectivity index (χ0) is 32.7. The van der Waals surface area contributed by atoms with Gasteiger partial charge in [-0.1, -0.05) is 41.4 Å². The number of carbonyl (C=O) groups excluding carboxylic acids is 2. The van der Waals surface area contributed by atoms with Crippen molar-refractivity contribution in [2.45, 2.75) is 68.9 Å². The van der Waals surface area contributed by atoms with E-state index >= 15 is 0 Å². The fourth-order valence-electron chi connectivity index (χ4n) is 7.37. The van der Waals surface area contributed by atoms with E-state index in [0.29, 0.717) is 78.4 Å². The molecule has 0 unspecified atom stereocenters. The van der Waals surface area contributed by atoms with Gasteiger partial charge in [0.15, 0.2) is 0 Å². The maximum absolute atomic E-state index is 13.9. The monoisotopic (exact) mass is 685 g/mol. The quantitative estimate of drug-likeness (QED) is 0.311. The molecule has 1 aliphatic carbocycles. The Labute approximate surface area is 282 Å². The van der Waals surface area contributed by atoms with E-state index in [-0.39, 0.29) is 59.6 Å². The van der Waals surface area contributed by atoms with E-state index in [4.69, 9.17) is 41.8 Å². The topological polar surface area (TPSA) is 131 Å². The van der Waals surface area contributed by atoms with Crippen molar-refractivity contribution < 1.29 is 38.1 Å². The summed E-state index contributed by atoms with van der Waals surface area (Å²) in [6, 6.07) is 10.4. The normalized spacial score (nSPS) is 27.7. The second-order valence-electron chi connectivity index (χ2n) is 12.9. The lowest BCUT2D eigenvalue weighted by Crippen LogP contribution is -2.41. The van der Waals surface area contributed by atoms with E-state index in [9.17, 15) is 19.5 Å². The number of furan rings is 1. The van der Waals surface area contributed by atoms with Crippen LogP contribution in [0, 0.1) is 5.92 Å². The van der Waals surface area contributed by atoms with Crippen LogP contribution in [0.15, 0.2) is 47.1 Å². The number of aliphatic carboxylic acids is 1. The molecule has 4 heterocycles. The summed E-state index contributed by atoms with van der Waals surface area (Å²) in [4.78, 5) is 42.6. The van der Waals surface area contributed by atoms with Crippen molar-refractivity contribution in [1.29, 1.82) is 0 Å². The first-order chi connectivity index (χ1) is 22.7. The lowest BCUT2D eigenvalue weighted by Gasteiger charge is -2.30. The molecule has 0 bridgehead atoms. The number of ether oxygens (including phenoxy) is 3. The molecule has 47 heavy (non-hydrogen) atoms. The molecule has 11 nitrogen and oxygen atoms in total. The van der Waals surface area contributed by atoms with Gasteiger partial charge in [-0.15, -0.1) is 0 Å². The molecule has 0 spiro atoms. The van der Waals surface area contributed by atoms with Gasteiger partial charge in [0.2, 0.25) is 5.91 Å². The number of rotatable bonds is 9. The number of likely N-dealkylation sites (tertiary alicyclic amines) is 2. The van der Waals surface area contributed by atoms with Gasteiger partial charge in [-0.25, -0.2) is 0 Å². The van der Waals surface area contributed by atoms with E-state index in [2.05, 4.69) is 10.2 Å². The number of amides is 2. The van der Waals surface area contributed by atoms with Crippen LogP contribution in [0.5, 0.6) is 0 Å². The number of fused-ring (bicyclic) bond motifs is 2. The number of anilines is 1. The zero-order valence-corrected chi connectivity index (χ0v) is 27.3. The fraction of sp³-hybridized carbons (Fsp3) is 0.500. The summed E-state index contributed by atoms with van der Waals surface area (Å²) in [6.45, 7) is 2.75. The highest BCUT2D eigenvalue weighted by atomic mass is 35.5. The number of benzene rings is 2. The van der Waals surface area contributed by atoms with Crippen molar-refractivity contribution in [3.8, 4) is 0 Å². The van der Waals surface area contributed by atoms with Crippen molar-refractivity contribution in [3.63, 3.8) is 0 Å². The van der Waals surface area contributed by atoms with Crippen LogP contribution in [-0.2, 0) is 30.2 Å². The van der Waals surface area contributed by atoms with Gasteiger partial charge in [0.05, 0.1) is 47.4 Å². The average Bonchev–Trinajstić information content (AvgIpc) is 3.85. The number of carboxylic acids is 1. The molecule has 250 valence electrons. The first kappa shape index (κ1) is 32.4. The number of halogens is 2. The summed E-state index contributed by atoms with van der Waals surface area (Å²) in [5.41, 5.74) is 1.86. The summed E-state index contributed by atoms with van der Waals surface area (Å²) < 4.78 is 23.3. The van der Waals surface area contributed by atoms with Crippen molar-refractivity contribution in [1.82, 2.24) is 9.80 Å². The minimum atomic E-state index is -0.747. The van der Waals surface area contributed by atoms with Crippen LogP contribution in [0.3, 0.4) is 0 Å². The maximum atomic E-state index is 13.9. The Kier molecular flexibility index (Phi) is 9.46. The predicted octanol–water partition coefficient (Wildman–Crippen LogP) is 5.22. The maximum Gasteiger partial charge on any atom is 0.306 e. The average molecular weight is 687 g/mol. The van der Waals surface area contributed by atoms with E-state index in [1.807, 2.05) is 17.0 Å². The number of nitrogens with zero attached hydrogens (tertiary/aromatic N) is 2. The summed E-state index contributed by atoms with van der Waals surface area (Å²) in [5, 5.41) is 13.4. The van der Waals surface area contributed by atoms with Gasteiger partial charge in [-0.2, -0.15) is 0 Å². The third kappa shape index (κ3) is 6.88. The van der Waals surface area contributed by atoms with Gasteiger partial charge in [-0.3, -0.25) is 19.3 Å². The molecule has 3 aromatic rings. The molecule has 7 rings (SSSR count). The lowest BCUT2D eigenvalue weighted by molar-refractivity contribution is -0.144. The molecule has 2 aromatic carbocycles. The Bertz CT molecular complexity index is 1650. The van der Waals surface area contributed by atoms with Crippen LogP contribution in [0.1, 0.15) is 48.0 Å². The highest BCUT2D eigenvalue weighted by Crippen LogP contribution is 2.34. The zero-order valence-electron chi connectivity index (χ0n) is 25.7. The molecule has 3 saturated heterocycles. The van der Waals surface area contributed by atoms with Gasteiger partial charge >= 0.3 is 5.97 Å². The Morgan fingerprint density at radius 2 is 1.72 bits per heavy atom. The second-order valence-corrected chi connectivity index (χ2v) is 13.7. The molecule has 1 aromatic heterocycles. The van der Waals surface area contributed by atoms with Gasteiger partial charge in [0.25, 0.3) is 5.91 Å². The largest absolute Gasteiger partial charge is 0.481 e. The molecule has 4 fully saturated rings. The van der Waals surface area contributed by atoms with Crippen LogP contribution >= 0.6 is 23.2 Å². The summed E-state index contributed by atoms with van der Waals surface area (Å²) in [6.07, 6.45) is 4.84. The number of para-hydroxylation sites is 1. The van der Waals surface area contributed by atoms with Crippen LogP contribution < -0.4 is 5.32 Å². The Morgan fingerprint density at radius 3 is 2.47 bits per heavy atom. The Balaban J connectivity index is 1.02. The number of carbonyl (C=O) groups is 3. The molecule has 3 aliphatic heterocycles. The van der Waals surface area contributed by atoms with E-state index in [1.54, 1.807) is 24.3 Å². The summed E-state index contributed by atoms with van der Waals surface area (Å²) >= 11 is 13.3. The van der Waals surface area contributed by atoms with Gasteiger partial charge in [0.1, 0.15) is 30.8 Å². The molecule has 2 amide bonds. The van der Waals surface area contributed by atoms with Crippen LogP contribution in [0.2, 0.25) is 10.0 Å². The molecule has 4 aliphatic rings. The molecule has 0 radical (unpaired) electrons. The fourth-order valence-corrected chi connectivity index (χ4v) is 7.84. The molecular weight excluding hydrogens is 649 g/mol. The number of hydrogen-bond acceptors (Lipinski definition) is 8. The van der Waals surface area contributed by atoms with Gasteiger partial charge in [-0.05, 0) is 55.9 Å². The first-order valence-electron chi connectivity index (χ1n) is 16.1. The standard InChI is InChI=1S/C34H37Cl2N3O8/c35-26-12-28(37-33(41)25-17-45-29-4-2-1-3-24(25)29)27(36)9-20(26)10-32(40)39-13-21(38-14-30-31(15-38)47-18-46-30)11-22(39)16-44-23-7-5-19(6-8-23)34(42)43/h1-4,9,12,17,19,21-23,30-31H,5-8,10-11,13-16,18H2,(H,37,41)(H,42,43)/t19-,21-,22-,23-,30-,31+/m0/s1. The van der Waals surface area contributed by atoms with Crippen LogP contribution in [-0.4, -0.2) is 96.1 Å². The third-order valence-corrected chi connectivity index (χ3v) is 10.7. The lowest BCUT2D eigenvalue weighted by atomic mass is 9.87. The van der Waals surface area contributed by atoms with Crippen LogP contribution in [0.4, 0.5) is 5.69 Å². The summed E-state index contributed by atoms with van der Waals surface area (Å²) in [7, 11) is 0. The predicted molar refractivity (Wildman–Crippen MR) is 174 cm³/mol. The summed E-state index contributed by atoms with van der Waals surface area (Å²) in [5.74, 6) is -1.55. The van der Waals surface area contributed by atoms with E-state index in [1.165, 1.54) is 6.26 Å². The van der Waals surface area contributed by atoms with Gasteiger partial charge in [0, 0.05) is 36.1 Å². The highest BCUT2D eigenvalue weighted by Gasteiger charge is 2.45. The highest BCUT2D eigenvalue weighted by molar-refractivity contribution is 6.36. The minimum absolute atomic E-state index is 0.0226. The number of hydrogen-bond donors (Lipinski definition) is 2. The number of nitrogens with one attached hydrogen (secondary N) is 1. The first-order valence-corrected chi connectivity index (χ1v) is 16.9. The van der Waals surface area contributed by atoms with Crippen molar-refractivity contribution >= 4 is 57.6 Å². The van der Waals surface area contributed by atoms with Crippen molar-refractivity contribution in [3.05, 3.63) is 63.8 Å². The second kappa shape index (κ2) is 13.7. The van der Waals surface area contributed by atoms with Gasteiger partial charge < -0.3 is 34.0 Å².